The molecule has 0 radical (unpaired) electrons. The van der Waals surface area contributed by atoms with E-state index in [1.807, 2.05) is 51.1 Å². The molecule has 2 heteroatoms. The third kappa shape index (κ3) is 3.02. The van der Waals surface area contributed by atoms with Gasteiger partial charge in [0, 0.05) is 12.0 Å². The lowest BCUT2D eigenvalue weighted by molar-refractivity contribution is 0.172. The summed E-state index contributed by atoms with van der Waals surface area (Å²) >= 11 is 0. The summed E-state index contributed by atoms with van der Waals surface area (Å²) in [7, 11) is 0. The van der Waals surface area contributed by atoms with E-state index in [-0.39, 0.29) is 5.82 Å². The van der Waals surface area contributed by atoms with E-state index in [1.54, 1.807) is 0 Å². The first-order valence-corrected chi connectivity index (χ1v) is 6.48. The highest BCUT2D eigenvalue weighted by Gasteiger charge is 2.17. The Labute approximate surface area is 113 Å². The van der Waals surface area contributed by atoms with Gasteiger partial charge in [0.1, 0.15) is 5.82 Å². The number of aryl methyl sites for hydroxylation is 3. The number of hydrogen-bond donors (Lipinski definition) is 1. The number of aliphatic hydroxyl groups is 1. The number of aliphatic hydroxyl groups excluding tert-OH is 1. The standard InChI is InChI=1S/C17H19FO/c1-11-8-13(3)17(15(18)9-11)16(19)10-14-7-5-4-6-12(14)2/h4-9,16,19H,10H2,1-3H3. The fourth-order valence-corrected chi connectivity index (χ4v) is 2.50. The molecule has 2 rings (SSSR count). The van der Waals surface area contributed by atoms with E-state index in [4.69, 9.17) is 0 Å². The van der Waals surface area contributed by atoms with Crippen molar-refractivity contribution in [3.63, 3.8) is 0 Å². The largest absolute Gasteiger partial charge is 0.388 e. The van der Waals surface area contributed by atoms with Crippen molar-refractivity contribution in [3.8, 4) is 0 Å². The van der Waals surface area contributed by atoms with E-state index in [1.165, 1.54) is 6.07 Å². The van der Waals surface area contributed by atoms with Gasteiger partial charge in [0.2, 0.25) is 0 Å². The van der Waals surface area contributed by atoms with Crippen LogP contribution in [0.25, 0.3) is 0 Å². The topological polar surface area (TPSA) is 20.2 Å². The van der Waals surface area contributed by atoms with E-state index < -0.39 is 6.10 Å². The van der Waals surface area contributed by atoms with Gasteiger partial charge in [-0.3, -0.25) is 0 Å². The molecule has 0 spiro atoms. The van der Waals surface area contributed by atoms with E-state index >= 15 is 0 Å². The predicted octanol–water partition coefficient (Wildman–Crippen LogP) is 4.03. The molecule has 0 aliphatic heterocycles. The van der Waals surface area contributed by atoms with E-state index in [0.29, 0.717) is 12.0 Å². The molecular weight excluding hydrogens is 239 g/mol. The lowest BCUT2D eigenvalue weighted by Crippen LogP contribution is -2.08. The fraction of sp³-hybridized carbons (Fsp3) is 0.294. The normalized spacial score (nSPS) is 12.5. The Bertz CT molecular complexity index is 567. The van der Waals surface area contributed by atoms with Crippen LogP contribution in [0.4, 0.5) is 4.39 Å². The summed E-state index contributed by atoms with van der Waals surface area (Å²) in [6.45, 7) is 5.69. The van der Waals surface area contributed by atoms with Crippen molar-refractivity contribution in [2.75, 3.05) is 0 Å². The predicted molar refractivity (Wildman–Crippen MR) is 75.7 cm³/mol. The number of benzene rings is 2. The van der Waals surface area contributed by atoms with Crippen LogP contribution in [-0.2, 0) is 6.42 Å². The van der Waals surface area contributed by atoms with Crippen LogP contribution in [0.1, 0.15) is 33.9 Å². The van der Waals surface area contributed by atoms with Crippen molar-refractivity contribution in [1.82, 2.24) is 0 Å². The minimum Gasteiger partial charge on any atom is -0.388 e. The summed E-state index contributed by atoms with van der Waals surface area (Å²) in [5.74, 6) is -0.321. The van der Waals surface area contributed by atoms with Gasteiger partial charge in [0.15, 0.2) is 0 Å². The zero-order valence-corrected chi connectivity index (χ0v) is 11.6. The summed E-state index contributed by atoms with van der Waals surface area (Å²) in [6, 6.07) is 11.2. The van der Waals surface area contributed by atoms with Crippen molar-refractivity contribution in [2.24, 2.45) is 0 Å². The molecule has 0 saturated carbocycles. The monoisotopic (exact) mass is 258 g/mol. The van der Waals surface area contributed by atoms with Gasteiger partial charge < -0.3 is 5.11 Å². The molecule has 0 amide bonds. The molecule has 0 heterocycles. The average molecular weight is 258 g/mol. The van der Waals surface area contributed by atoms with Crippen LogP contribution in [0.15, 0.2) is 36.4 Å². The molecule has 1 unspecified atom stereocenters. The van der Waals surface area contributed by atoms with Crippen LogP contribution < -0.4 is 0 Å². The summed E-state index contributed by atoms with van der Waals surface area (Å²) < 4.78 is 14.0. The van der Waals surface area contributed by atoms with Crippen molar-refractivity contribution in [1.29, 1.82) is 0 Å². The van der Waals surface area contributed by atoms with Gasteiger partial charge in [-0.2, -0.15) is 0 Å². The van der Waals surface area contributed by atoms with E-state index in [2.05, 4.69) is 0 Å². The molecule has 0 aliphatic carbocycles. The molecule has 2 aromatic carbocycles. The van der Waals surface area contributed by atoms with E-state index in [9.17, 15) is 9.50 Å². The van der Waals surface area contributed by atoms with Crippen LogP contribution >= 0.6 is 0 Å². The van der Waals surface area contributed by atoms with Crippen molar-refractivity contribution >= 4 is 0 Å². The van der Waals surface area contributed by atoms with Crippen LogP contribution in [0.3, 0.4) is 0 Å². The second kappa shape index (κ2) is 5.54. The third-order valence-corrected chi connectivity index (χ3v) is 3.49. The molecule has 19 heavy (non-hydrogen) atoms. The second-order valence-electron chi connectivity index (χ2n) is 5.12. The van der Waals surface area contributed by atoms with Gasteiger partial charge in [-0.25, -0.2) is 4.39 Å². The van der Waals surface area contributed by atoms with Crippen molar-refractivity contribution in [3.05, 3.63) is 70.0 Å². The molecular formula is C17H19FO. The zero-order valence-electron chi connectivity index (χ0n) is 11.6. The third-order valence-electron chi connectivity index (χ3n) is 3.49. The van der Waals surface area contributed by atoms with Crippen LogP contribution in [-0.4, -0.2) is 5.11 Å². The maximum absolute atomic E-state index is 14.0. The lowest BCUT2D eigenvalue weighted by Gasteiger charge is -2.16. The van der Waals surface area contributed by atoms with Gasteiger partial charge in [-0.1, -0.05) is 30.3 Å². The smallest absolute Gasteiger partial charge is 0.129 e. The minimum atomic E-state index is -0.804. The average Bonchev–Trinajstić information content (AvgIpc) is 2.30. The maximum atomic E-state index is 14.0. The highest BCUT2D eigenvalue weighted by Crippen LogP contribution is 2.26. The number of halogens is 1. The molecule has 2 aromatic rings. The summed E-state index contributed by atoms with van der Waals surface area (Å²) in [5, 5.41) is 10.3. The Kier molecular flexibility index (Phi) is 4.01. The molecule has 1 nitrogen and oxygen atoms in total. The first-order valence-electron chi connectivity index (χ1n) is 6.48. The summed E-state index contributed by atoms with van der Waals surface area (Å²) in [5.41, 5.74) is 4.26. The zero-order chi connectivity index (χ0) is 14.0. The van der Waals surface area contributed by atoms with Gasteiger partial charge in [0.05, 0.1) is 6.10 Å². The lowest BCUT2D eigenvalue weighted by atomic mass is 9.94. The van der Waals surface area contributed by atoms with Gasteiger partial charge in [-0.05, 0) is 49.1 Å². The highest BCUT2D eigenvalue weighted by atomic mass is 19.1. The van der Waals surface area contributed by atoms with Gasteiger partial charge in [0.25, 0.3) is 0 Å². The Morgan fingerprint density at radius 1 is 1.05 bits per heavy atom. The second-order valence-corrected chi connectivity index (χ2v) is 5.12. The molecule has 0 bridgehead atoms. The SMILES string of the molecule is Cc1cc(C)c(C(O)Cc2ccccc2C)c(F)c1. The minimum absolute atomic E-state index is 0.321. The Morgan fingerprint density at radius 2 is 1.74 bits per heavy atom. The number of hydrogen-bond acceptors (Lipinski definition) is 1. The summed E-state index contributed by atoms with van der Waals surface area (Å²) in [4.78, 5) is 0. The van der Waals surface area contributed by atoms with Crippen molar-refractivity contribution < 1.29 is 9.50 Å². The fourth-order valence-electron chi connectivity index (χ4n) is 2.50. The first-order chi connectivity index (χ1) is 8.99. The van der Waals surface area contributed by atoms with Gasteiger partial charge in [-0.15, -0.1) is 0 Å². The van der Waals surface area contributed by atoms with Crippen LogP contribution in [0.2, 0.25) is 0 Å². The Hall–Kier alpha value is -1.67. The van der Waals surface area contributed by atoms with Crippen LogP contribution in [0, 0.1) is 26.6 Å². The molecule has 0 aliphatic rings. The first kappa shape index (κ1) is 13.8. The molecule has 1 atom stereocenters. The number of rotatable bonds is 3. The molecule has 1 N–H and O–H groups in total. The van der Waals surface area contributed by atoms with Crippen molar-refractivity contribution in [2.45, 2.75) is 33.3 Å². The maximum Gasteiger partial charge on any atom is 0.129 e. The van der Waals surface area contributed by atoms with Gasteiger partial charge >= 0.3 is 0 Å². The molecule has 0 saturated heterocycles. The molecule has 100 valence electrons. The Morgan fingerprint density at radius 3 is 2.37 bits per heavy atom. The molecule has 0 aromatic heterocycles. The summed E-state index contributed by atoms with van der Waals surface area (Å²) in [6.07, 6.45) is -0.366. The highest BCUT2D eigenvalue weighted by molar-refractivity contribution is 5.35. The van der Waals surface area contributed by atoms with Crippen LogP contribution in [0.5, 0.6) is 0 Å². The Balaban J connectivity index is 2.31. The van der Waals surface area contributed by atoms with E-state index in [0.717, 1.165) is 22.3 Å². The molecule has 0 fully saturated rings. The quantitative estimate of drug-likeness (QED) is 0.881.